The van der Waals surface area contributed by atoms with Crippen molar-refractivity contribution in [3.05, 3.63) is 24.3 Å². The lowest BCUT2D eigenvalue weighted by molar-refractivity contribution is -0.129. The van der Waals surface area contributed by atoms with Crippen molar-refractivity contribution < 1.29 is 14.0 Å². The van der Waals surface area contributed by atoms with Crippen LogP contribution in [-0.4, -0.2) is 34.2 Å². The van der Waals surface area contributed by atoms with Crippen LogP contribution in [0.5, 0.6) is 0 Å². The summed E-state index contributed by atoms with van der Waals surface area (Å²) in [5, 5.41) is 3.10. The molecular formula is C15H19N3O3S. The Balaban J connectivity index is 1.96. The van der Waals surface area contributed by atoms with Crippen LogP contribution < -0.4 is 5.32 Å². The number of nitrogens with zero attached hydrogens (tertiary/aromatic N) is 2. The Morgan fingerprint density at radius 3 is 2.73 bits per heavy atom. The summed E-state index contributed by atoms with van der Waals surface area (Å²) in [6, 6.07) is 7.45. The number of carbonyl (C=O) groups excluding carboxylic acids is 2. The van der Waals surface area contributed by atoms with Crippen LogP contribution in [0.1, 0.15) is 26.7 Å². The minimum Gasteiger partial charge on any atom is -0.430 e. The lowest BCUT2D eigenvalue weighted by atomic mass is 10.3. The maximum atomic E-state index is 12.2. The van der Waals surface area contributed by atoms with E-state index >= 15 is 0 Å². The van der Waals surface area contributed by atoms with Crippen molar-refractivity contribution in [3.8, 4) is 0 Å². The van der Waals surface area contributed by atoms with Gasteiger partial charge in [-0.05, 0) is 26.0 Å². The Bertz CT molecular complexity index is 623. The Kier molecular flexibility index (Phi) is 5.83. The van der Waals surface area contributed by atoms with Crippen LogP contribution in [0.2, 0.25) is 0 Å². The fraction of sp³-hybridized carbons (Fsp3) is 0.400. The van der Waals surface area contributed by atoms with Gasteiger partial charge in [-0.15, -0.1) is 0 Å². The SMILES string of the molecule is CCNC(=O)CCC(=O)N(CC)Sc1nc2ccccc2o1. The van der Waals surface area contributed by atoms with E-state index in [1.54, 1.807) is 4.31 Å². The zero-order valence-corrected chi connectivity index (χ0v) is 13.5. The molecule has 1 aromatic carbocycles. The number of aromatic nitrogens is 1. The molecule has 7 heteroatoms. The number of hydrogen-bond acceptors (Lipinski definition) is 5. The van der Waals surface area contributed by atoms with Gasteiger partial charge >= 0.3 is 0 Å². The molecule has 0 saturated heterocycles. The van der Waals surface area contributed by atoms with E-state index in [-0.39, 0.29) is 24.7 Å². The van der Waals surface area contributed by atoms with E-state index in [4.69, 9.17) is 4.42 Å². The number of rotatable bonds is 7. The molecule has 0 fully saturated rings. The van der Waals surface area contributed by atoms with Crippen molar-refractivity contribution >= 4 is 34.9 Å². The van der Waals surface area contributed by atoms with Crippen molar-refractivity contribution in [2.45, 2.75) is 31.9 Å². The maximum Gasteiger partial charge on any atom is 0.278 e. The molecule has 0 aliphatic carbocycles. The van der Waals surface area contributed by atoms with Crippen molar-refractivity contribution in [3.63, 3.8) is 0 Å². The number of hydrogen-bond donors (Lipinski definition) is 1. The van der Waals surface area contributed by atoms with E-state index in [1.165, 1.54) is 0 Å². The summed E-state index contributed by atoms with van der Waals surface area (Å²) in [5.41, 5.74) is 1.45. The molecule has 6 nitrogen and oxygen atoms in total. The molecule has 1 N–H and O–H groups in total. The Morgan fingerprint density at radius 2 is 2.05 bits per heavy atom. The van der Waals surface area contributed by atoms with Gasteiger partial charge in [0.2, 0.25) is 11.8 Å². The number of oxazole rings is 1. The molecule has 0 unspecified atom stereocenters. The molecule has 0 radical (unpaired) electrons. The summed E-state index contributed by atoms with van der Waals surface area (Å²) in [6.45, 7) is 4.81. The van der Waals surface area contributed by atoms with E-state index in [0.717, 1.165) is 17.5 Å². The highest BCUT2D eigenvalue weighted by Crippen LogP contribution is 2.26. The van der Waals surface area contributed by atoms with Gasteiger partial charge in [-0.1, -0.05) is 12.1 Å². The monoisotopic (exact) mass is 321 g/mol. The molecule has 0 bridgehead atoms. The molecular weight excluding hydrogens is 302 g/mol. The zero-order valence-electron chi connectivity index (χ0n) is 12.7. The topological polar surface area (TPSA) is 75.4 Å². The Hall–Kier alpha value is -2.02. The summed E-state index contributed by atoms with van der Waals surface area (Å²) in [5.74, 6) is -0.222. The smallest absolute Gasteiger partial charge is 0.278 e. The second-order valence-electron chi connectivity index (χ2n) is 4.58. The van der Waals surface area contributed by atoms with Crippen molar-refractivity contribution in [2.75, 3.05) is 13.1 Å². The van der Waals surface area contributed by atoms with E-state index in [1.807, 2.05) is 38.1 Å². The summed E-state index contributed by atoms with van der Waals surface area (Å²) < 4.78 is 7.15. The van der Waals surface area contributed by atoms with Gasteiger partial charge in [0, 0.05) is 25.9 Å². The summed E-state index contributed by atoms with van der Waals surface area (Å²) in [7, 11) is 0. The van der Waals surface area contributed by atoms with Crippen molar-refractivity contribution in [1.29, 1.82) is 0 Å². The highest BCUT2D eigenvalue weighted by Gasteiger charge is 2.18. The minimum absolute atomic E-state index is 0.110. The number of carbonyl (C=O) groups is 2. The molecule has 0 atom stereocenters. The second kappa shape index (κ2) is 7.84. The fourth-order valence-electron chi connectivity index (χ4n) is 1.91. The van der Waals surface area contributed by atoms with Gasteiger partial charge < -0.3 is 9.73 Å². The van der Waals surface area contributed by atoms with Crippen LogP contribution in [0.3, 0.4) is 0 Å². The number of amides is 2. The third kappa shape index (κ3) is 4.24. The van der Waals surface area contributed by atoms with E-state index < -0.39 is 0 Å². The Labute approximate surface area is 133 Å². The zero-order chi connectivity index (χ0) is 15.9. The molecule has 1 aromatic heterocycles. The maximum absolute atomic E-state index is 12.2. The molecule has 0 aliphatic rings. The fourth-order valence-corrected chi connectivity index (χ4v) is 2.68. The molecule has 2 amide bonds. The quantitative estimate of drug-likeness (QED) is 0.793. The molecule has 118 valence electrons. The van der Waals surface area contributed by atoms with Crippen LogP contribution in [0.4, 0.5) is 0 Å². The molecule has 1 heterocycles. The first-order chi connectivity index (χ1) is 10.6. The van der Waals surface area contributed by atoms with Crippen LogP contribution in [0.15, 0.2) is 33.9 Å². The summed E-state index contributed by atoms with van der Waals surface area (Å²) in [6.07, 6.45) is 0.365. The number of fused-ring (bicyclic) bond motifs is 1. The lowest BCUT2D eigenvalue weighted by Crippen LogP contribution is -2.27. The number of benzene rings is 1. The molecule has 0 spiro atoms. The first-order valence-corrected chi connectivity index (χ1v) is 8.02. The van der Waals surface area contributed by atoms with Gasteiger partial charge in [-0.2, -0.15) is 0 Å². The minimum atomic E-state index is -0.112. The predicted molar refractivity (Wildman–Crippen MR) is 85.2 cm³/mol. The van der Waals surface area contributed by atoms with Gasteiger partial charge in [0.1, 0.15) is 5.52 Å². The van der Waals surface area contributed by atoms with Gasteiger partial charge in [-0.3, -0.25) is 13.9 Å². The van der Waals surface area contributed by atoms with Crippen LogP contribution >= 0.6 is 11.9 Å². The van der Waals surface area contributed by atoms with Gasteiger partial charge in [0.05, 0.1) is 11.9 Å². The van der Waals surface area contributed by atoms with Crippen molar-refractivity contribution in [1.82, 2.24) is 14.6 Å². The summed E-state index contributed by atoms with van der Waals surface area (Å²) in [4.78, 5) is 27.9. The largest absolute Gasteiger partial charge is 0.430 e. The molecule has 2 aromatic rings. The Morgan fingerprint density at radius 1 is 1.27 bits per heavy atom. The molecule has 0 saturated carbocycles. The van der Waals surface area contributed by atoms with Gasteiger partial charge in [0.25, 0.3) is 5.22 Å². The first kappa shape index (κ1) is 16.4. The van der Waals surface area contributed by atoms with Gasteiger partial charge in [-0.25, -0.2) is 4.98 Å². The predicted octanol–water partition coefficient (Wildman–Crippen LogP) is 2.60. The lowest BCUT2D eigenvalue weighted by Gasteiger charge is -2.16. The third-order valence-electron chi connectivity index (χ3n) is 2.97. The van der Waals surface area contributed by atoms with E-state index in [9.17, 15) is 9.59 Å². The standard InChI is InChI=1S/C15H19N3O3S/c1-3-16-13(19)9-10-14(20)18(4-2)22-15-17-11-7-5-6-8-12(11)21-15/h5-8H,3-4,9-10H2,1-2H3,(H,16,19). The first-order valence-electron chi connectivity index (χ1n) is 7.24. The average Bonchev–Trinajstić information content (AvgIpc) is 2.93. The number of para-hydroxylation sites is 2. The van der Waals surface area contributed by atoms with E-state index in [0.29, 0.717) is 23.9 Å². The van der Waals surface area contributed by atoms with Crippen LogP contribution in [-0.2, 0) is 9.59 Å². The highest BCUT2D eigenvalue weighted by molar-refractivity contribution is 7.97. The molecule has 0 aliphatic heterocycles. The number of nitrogens with one attached hydrogen (secondary N) is 1. The average molecular weight is 321 g/mol. The normalized spacial score (nSPS) is 10.6. The summed E-state index contributed by atoms with van der Waals surface area (Å²) >= 11 is 1.16. The highest BCUT2D eigenvalue weighted by atomic mass is 32.2. The van der Waals surface area contributed by atoms with Gasteiger partial charge in [0.15, 0.2) is 5.58 Å². The van der Waals surface area contributed by atoms with Crippen LogP contribution in [0, 0.1) is 0 Å². The molecule has 22 heavy (non-hydrogen) atoms. The molecule has 2 rings (SSSR count). The third-order valence-corrected chi connectivity index (χ3v) is 3.98. The van der Waals surface area contributed by atoms with Crippen molar-refractivity contribution in [2.24, 2.45) is 0 Å². The van der Waals surface area contributed by atoms with Crippen LogP contribution in [0.25, 0.3) is 11.1 Å². The second-order valence-corrected chi connectivity index (χ2v) is 5.55. The van der Waals surface area contributed by atoms with E-state index in [2.05, 4.69) is 10.3 Å².